The zero-order chi connectivity index (χ0) is 17.8. The summed E-state index contributed by atoms with van der Waals surface area (Å²) in [5.41, 5.74) is 1.09. The number of unbranched alkanes of at least 4 members (excludes halogenated alkanes) is 2. The van der Waals surface area contributed by atoms with Crippen molar-refractivity contribution in [3.05, 3.63) is 20.8 Å². The highest BCUT2D eigenvalue weighted by atomic mass is 32.2. The summed E-state index contributed by atoms with van der Waals surface area (Å²) in [6, 6.07) is 0. The molecule has 0 radical (unpaired) electrons. The second-order valence-corrected chi connectivity index (χ2v) is 8.67. The standard InChI is InChI=1S/C18H24N2O3S2/c1-3-4-5-8-23-14(21)10-24-18-19-16(22)15-12-7-6-11(2)9-13(12)25-17(15)20-18/h11H,3-10H2,1-2H3,(H,19,20,22)/t11-/m1/s1. The van der Waals surface area contributed by atoms with Gasteiger partial charge in [0.15, 0.2) is 5.16 Å². The van der Waals surface area contributed by atoms with Gasteiger partial charge in [0.05, 0.1) is 17.7 Å². The zero-order valence-electron chi connectivity index (χ0n) is 14.7. The Morgan fingerprint density at radius 1 is 1.44 bits per heavy atom. The minimum Gasteiger partial charge on any atom is -0.465 e. The van der Waals surface area contributed by atoms with Gasteiger partial charge in [0.25, 0.3) is 5.56 Å². The summed E-state index contributed by atoms with van der Waals surface area (Å²) in [4.78, 5) is 33.7. The second-order valence-electron chi connectivity index (χ2n) is 6.62. The Labute approximate surface area is 155 Å². The van der Waals surface area contributed by atoms with Crippen molar-refractivity contribution in [1.29, 1.82) is 0 Å². The molecule has 2 aromatic heterocycles. The number of thiophene rings is 1. The first kappa shape index (κ1) is 18.5. The summed E-state index contributed by atoms with van der Waals surface area (Å²) in [6.45, 7) is 4.82. The van der Waals surface area contributed by atoms with Crippen LogP contribution in [0.2, 0.25) is 0 Å². The van der Waals surface area contributed by atoms with Crippen molar-refractivity contribution in [3.8, 4) is 0 Å². The molecule has 2 heterocycles. The van der Waals surface area contributed by atoms with E-state index in [2.05, 4.69) is 23.8 Å². The summed E-state index contributed by atoms with van der Waals surface area (Å²) < 4.78 is 5.18. The fourth-order valence-electron chi connectivity index (χ4n) is 3.10. The third-order valence-corrected chi connectivity index (χ3v) is 6.48. The largest absolute Gasteiger partial charge is 0.465 e. The molecular weight excluding hydrogens is 356 g/mol. The molecule has 0 aliphatic heterocycles. The smallest absolute Gasteiger partial charge is 0.316 e. The van der Waals surface area contributed by atoms with Gasteiger partial charge in [-0.25, -0.2) is 4.98 Å². The van der Waals surface area contributed by atoms with Crippen LogP contribution in [-0.2, 0) is 22.4 Å². The molecule has 1 atom stereocenters. The molecule has 1 aliphatic carbocycles. The maximum Gasteiger partial charge on any atom is 0.316 e. The number of aromatic nitrogens is 2. The minimum absolute atomic E-state index is 0.0872. The SMILES string of the molecule is CCCCCOC(=O)CSc1nc2sc3c(c2c(=O)[nH]1)CC[C@@H](C)C3. The predicted molar refractivity (Wildman–Crippen MR) is 103 cm³/mol. The Morgan fingerprint density at radius 2 is 2.28 bits per heavy atom. The van der Waals surface area contributed by atoms with Gasteiger partial charge in [-0.15, -0.1) is 11.3 Å². The van der Waals surface area contributed by atoms with Crippen LogP contribution in [0, 0.1) is 5.92 Å². The van der Waals surface area contributed by atoms with Crippen molar-refractivity contribution in [2.45, 2.75) is 57.5 Å². The monoisotopic (exact) mass is 380 g/mol. The number of ether oxygens (including phenoxy) is 1. The van der Waals surface area contributed by atoms with E-state index in [0.29, 0.717) is 17.7 Å². The van der Waals surface area contributed by atoms with E-state index in [-0.39, 0.29) is 17.3 Å². The van der Waals surface area contributed by atoms with Gasteiger partial charge in [-0.3, -0.25) is 9.59 Å². The molecule has 0 aromatic carbocycles. The Hall–Kier alpha value is -1.34. The van der Waals surface area contributed by atoms with Crippen LogP contribution in [0.1, 0.15) is 50.0 Å². The van der Waals surface area contributed by atoms with Crippen molar-refractivity contribution < 1.29 is 9.53 Å². The average Bonchev–Trinajstić information content (AvgIpc) is 2.94. The summed E-state index contributed by atoms with van der Waals surface area (Å²) in [6.07, 6.45) is 6.17. The number of rotatable bonds is 7. The van der Waals surface area contributed by atoms with Crippen LogP contribution in [-0.4, -0.2) is 28.3 Å². The fourth-order valence-corrected chi connectivity index (χ4v) is 5.20. The van der Waals surface area contributed by atoms with E-state index in [1.165, 1.54) is 22.2 Å². The van der Waals surface area contributed by atoms with Crippen molar-refractivity contribution in [1.82, 2.24) is 9.97 Å². The van der Waals surface area contributed by atoms with Gasteiger partial charge in [0.2, 0.25) is 0 Å². The highest BCUT2D eigenvalue weighted by Gasteiger charge is 2.23. The van der Waals surface area contributed by atoms with E-state index in [4.69, 9.17) is 4.74 Å². The van der Waals surface area contributed by atoms with Gasteiger partial charge >= 0.3 is 5.97 Å². The van der Waals surface area contributed by atoms with Crippen molar-refractivity contribution in [3.63, 3.8) is 0 Å². The summed E-state index contributed by atoms with van der Waals surface area (Å²) in [5.74, 6) is 0.571. The highest BCUT2D eigenvalue weighted by molar-refractivity contribution is 7.99. The number of hydrogen-bond donors (Lipinski definition) is 1. The normalized spacial score (nSPS) is 16.8. The van der Waals surface area contributed by atoms with Crippen LogP contribution in [0.5, 0.6) is 0 Å². The first-order valence-electron chi connectivity index (χ1n) is 8.91. The third-order valence-electron chi connectivity index (χ3n) is 4.48. The lowest BCUT2D eigenvalue weighted by atomic mass is 9.89. The lowest BCUT2D eigenvalue weighted by Crippen LogP contribution is -2.14. The highest BCUT2D eigenvalue weighted by Crippen LogP contribution is 2.36. The number of aromatic amines is 1. The molecule has 136 valence electrons. The van der Waals surface area contributed by atoms with Gasteiger partial charge in [0.1, 0.15) is 4.83 Å². The molecule has 2 aromatic rings. The van der Waals surface area contributed by atoms with Gasteiger partial charge in [-0.2, -0.15) is 0 Å². The van der Waals surface area contributed by atoms with Crippen LogP contribution in [0.3, 0.4) is 0 Å². The van der Waals surface area contributed by atoms with Crippen LogP contribution in [0.15, 0.2) is 9.95 Å². The molecule has 1 N–H and O–H groups in total. The molecule has 0 amide bonds. The minimum atomic E-state index is -0.261. The number of fused-ring (bicyclic) bond motifs is 3. The number of thioether (sulfide) groups is 1. The van der Waals surface area contributed by atoms with Crippen molar-refractivity contribution >= 4 is 39.3 Å². The Morgan fingerprint density at radius 3 is 3.08 bits per heavy atom. The van der Waals surface area contributed by atoms with E-state index in [1.54, 1.807) is 11.3 Å². The van der Waals surface area contributed by atoms with Crippen LogP contribution in [0.25, 0.3) is 10.2 Å². The number of carbonyl (C=O) groups excluding carboxylic acids is 1. The zero-order valence-corrected chi connectivity index (χ0v) is 16.4. The van der Waals surface area contributed by atoms with Crippen molar-refractivity contribution in [2.75, 3.05) is 12.4 Å². The molecule has 0 bridgehead atoms. The Bertz CT molecular complexity index is 812. The number of esters is 1. The first-order valence-corrected chi connectivity index (χ1v) is 10.7. The molecule has 3 rings (SSSR count). The predicted octanol–water partition coefficient (Wildman–Crippen LogP) is 3.93. The molecular formula is C18H24N2O3S2. The van der Waals surface area contributed by atoms with E-state index in [9.17, 15) is 9.59 Å². The fraction of sp³-hybridized carbons (Fsp3) is 0.611. The van der Waals surface area contributed by atoms with Gasteiger partial charge in [-0.1, -0.05) is 38.5 Å². The molecule has 0 fully saturated rings. The van der Waals surface area contributed by atoms with Crippen LogP contribution in [0.4, 0.5) is 0 Å². The number of nitrogens with zero attached hydrogens (tertiary/aromatic N) is 1. The number of carbonyl (C=O) groups is 1. The maximum atomic E-state index is 12.5. The number of aryl methyl sites for hydroxylation is 1. The molecule has 0 saturated carbocycles. The van der Waals surface area contributed by atoms with Gasteiger partial charge in [0, 0.05) is 4.88 Å². The summed E-state index contributed by atoms with van der Waals surface area (Å²) >= 11 is 2.86. The number of hydrogen-bond acceptors (Lipinski definition) is 6. The van der Waals surface area contributed by atoms with Gasteiger partial charge < -0.3 is 9.72 Å². The quantitative estimate of drug-likeness (QED) is 0.341. The van der Waals surface area contributed by atoms with Crippen LogP contribution < -0.4 is 5.56 Å². The Kier molecular flexibility index (Phi) is 6.17. The summed E-state index contributed by atoms with van der Waals surface area (Å²) in [7, 11) is 0. The molecule has 5 nitrogen and oxygen atoms in total. The van der Waals surface area contributed by atoms with Crippen LogP contribution >= 0.6 is 23.1 Å². The van der Waals surface area contributed by atoms with E-state index in [1.807, 2.05) is 0 Å². The lowest BCUT2D eigenvalue weighted by molar-refractivity contribution is -0.140. The lowest BCUT2D eigenvalue weighted by Gasteiger charge is -2.17. The van der Waals surface area contributed by atoms with E-state index < -0.39 is 0 Å². The molecule has 7 heteroatoms. The van der Waals surface area contributed by atoms with Gasteiger partial charge in [-0.05, 0) is 37.2 Å². The molecule has 1 aliphatic rings. The van der Waals surface area contributed by atoms with E-state index >= 15 is 0 Å². The van der Waals surface area contributed by atoms with Crippen molar-refractivity contribution in [2.24, 2.45) is 5.92 Å². The molecule has 0 unspecified atom stereocenters. The number of nitrogens with one attached hydrogen (secondary N) is 1. The number of H-pyrrole nitrogens is 1. The molecule has 25 heavy (non-hydrogen) atoms. The Balaban J connectivity index is 1.67. The first-order chi connectivity index (χ1) is 12.1. The molecule has 0 saturated heterocycles. The average molecular weight is 381 g/mol. The van der Waals surface area contributed by atoms with E-state index in [0.717, 1.165) is 48.7 Å². The molecule has 0 spiro atoms. The second kappa shape index (κ2) is 8.36. The third kappa shape index (κ3) is 4.44. The maximum absolute atomic E-state index is 12.5. The topological polar surface area (TPSA) is 72.0 Å². The summed E-state index contributed by atoms with van der Waals surface area (Å²) in [5, 5.41) is 1.24.